The van der Waals surface area contributed by atoms with E-state index in [1.165, 1.54) is 23.7 Å². The quantitative estimate of drug-likeness (QED) is 0.123. The van der Waals surface area contributed by atoms with E-state index in [2.05, 4.69) is 20.9 Å². The van der Waals surface area contributed by atoms with Crippen LogP contribution in [0.25, 0.3) is 10.9 Å². The van der Waals surface area contributed by atoms with Crippen LogP contribution in [0.2, 0.25) is 5.02 Å². The van der Waals surface area contributed by atoms with Gasteiger partial charge in [0.1, 0.15) is 12.1 Å². The molecule has 0 spiro atoms. The highest BCUT2D eigenvalue weighted by molar-refractivity contribution is 7.99. The number of carbonyl (C=O) groups excluding carboxylic acids is 3. The lowest BCUT2D eigenvalue weighted by Gasteiger charge is -2.32. The number of nitrogens with two attached hydrogens (primary N) is 2. The number of rotatable bonds is 9. The van der Waals surface area contributed by atoms with E-state index < -0.39 is 47.6 Å². The molecule has 8 N–H and O–H groups in total. The molecular formula is C38H45ClF3N7O3S. The summed E-state index contributed by atoms with van der Waals surface area (Å²) in [5.41, 5.74) is 13.2. The maximum absolute atomic E-state index is 14.4. The molecule has 0 saturated carbocycles. The third kappa shape index (κ3) is 10.1. The van der Waals surface area contributed by atoms with Crippen molar-refractivity contribution in [1.29, 1.82) is 0 Å². The second-order valence-electron chi connectivity index (χ2n) is 13.1. The normalized spacial score (nSPS) is 19.3. The van der Waals surface area contributed by atoms with Gasteiger partial charge in [0.15, 0.2) is 0 Å². The number of unbranched alkanes of at least 4 members (excludes halogenated alkanes) is 1. The number of para-hydroxylation sites is 1. The van der Waals surface area contributed by atoms with E-state index in [1.807, 2.05) is 42.5 Å². The number of aromatic amines is 1. The third-order valence-electron chi connectivity index (χ3n) is 9.41. The fourth-order valence-corrected chi connectivity index (χ4v) is 7.85. The predicted octanol–water partition coefficient (Wildman–Crippen LogP) is 5.50. The molecule has 1 aliphatic rings. The van der Waals surface area contributed by atoms with Gasteiger partial charge in [-0.05, 0) is 86.1 Å². The first-order valence-corrected chi connectivity index (χ1v) is 18.8. The molecule has 0 radical (unpaired) electrons. The molecule has 0 saturated heterocycles. The van der Waals surface area contributed by atoms with Gasteiger partial charge in [-0.3, -0.25) is 14.4 Å². The summed E-state index contributed by atoms with van der Waals surface area (Å²) < 4.78 is 42.2. The minimum absolute atomic E-state index is 0.0839. The summed E-state index contributed by atoms with van der Waals surface area (Å²) in [5.74, 6) is -1.46. The van der Waals surface area contributed by atoms with Crippen molar-refractivity contribution in [3.8, 4) is 0 Å². The van der Waals surface area contributed by atoms with Crippen LogP contribution in [-0.4, -0.2) is 65.9 Å². The Morgan fingerprint density at radius 2 is 1.60 bits per heavy atom. The largest absolute Gasteiger partial charge is 0.416 e. The van der Waals surface area contributed by atoms with Crippen molar-refractivity contribution in [3.05, 3.63) is 94.1 Å². The van der Waals surface area contributed by atoms with Crippen molar-refractivity contribution < 1.29 is 27.6 Å². The van der Waals surface area contributed by atoms with E-state index in [4.69, 9.17) is 23.1 Å². The molecule has 5 rings (SSSR count). The van der Waals surface area contributed by atoms with Crippen LogP contribution < -0.4 is 27.4 Å². The minimum Gasteiger partial charge on any atom is -0.361 e. The zero-order chi connectivity index (χ0) is 38.1. The fraction of sp³-hybridized carbons (Fsp3) is 0.395. The van der Waals surface area contributed by atoms with Crippen LogP contribution in [0.5, 0.6) is 0 Å². The highest BCUT2D eigenvalue weighted by atomic mass is 35.5. The van der Waals surface area contributed by atoms with Gasteiger partial charge >= 0.3 is 6.18 Å². The molecule has 4 aromatic rings. The fourth-order valence-electron chi connectivity index (χ4n) is 6.44. The number of likely N-dealkylation sites (N-methyl/N-ethyl adjacent to an activating group) is 1. The Morgan fingerprint density at radius 1 is 0.887 bits per heavy atom. The van der Waals surface area contributed by atoms with Gasteiger partial charge in [-0.15, -0.1) is 0 Å². The van der Waals surface area contributed by atoms with Gasteiger partial charge < -0.3 is 37.3 Å². The summed E-state index contributed by atoms with van der Waals surface area (Å²) in [6, 6.07) is 13.9. The first kappa shape index (κ1) is 40.1. The van der Waals surface area contributed by atoms with Crippen LogP contribution >= 0.6 is 23.4 Å². The molecule has 3 unspecified atom stereocenters. The van der Waals surface area contributed by atoms with E-state index >= 15 is 0 Å². The van der Waals surface area contributed by atoms with Crippen LogP contribution in [0, 0.1) is 0 Å². The molecule has 3 atom stereocenters. The average Bonchev–Trinajstić information content (AvgIpc) is 3.55. The van der Waals surface area contributed by atoms with E-state index in [0.29, 0.717) is 48.6 Å². The number of nitrogens with zero attached hydrogens (tertiary/aromatic N) is 1. The van der Waals surface area contributed by atoms with Crippen molar-refractivity contribution in [2.24, 2.45) is 11.5 Å². The standard InChI is InChI=1S/C38H45ClF3N7O3S/c1-49-32(18-24-21-45-29-11-4-3-10-27(24)29)36(51)47-22-25-17-26(38(40,41)42)19-28(39)34(25)53-33-14-5-2-9-23(33)20-46-30(13-8-16-44)35(50)48-31(37(49)52)12-6-7-15-43/h2-5,9-11,14,17,19,21,30-32,45-46H,6-8,12-13,15-16,18,20,22,43-44H2,1H3,(H,47,51)(H,48,50). The van der Waals surface area contributed by atoms with Gasteiger partial charge in [-0.1, -0.05) is 59.8 Å². The van der Waals surface area contributed by atoms with Crippen LogP contribution in [0.1, 0.15) is 54.4 Å². The second-order valence-corrected chi connectivity index (χ2v) is 14.6. The summed E-state index contributed by atoms with van der Waals surface area (Å²) >= 11 is 7.76. The number of carbonyl (C=O) groups is 3. The van der Waals surface area contributed by atoms with Crippen molar-refractivity contribution in [2.45, 2.75) is 85.7 Å². The summed E-state index contributed by atoms with van der Waals surface area (Å²) in [4.78, 5) is 48.1. The number of alkyl halides is 3. The van der Waals surface area contributed by atoms with Crippen molar-refractivity contribution in [3.63, 3.8) is 0 Å². The Morgan fingerprint density at radius 3 is 2.36 bits per heavy atom. The van der Waals surface area contributed by atoms with E-state index in [-0.39, 0.29) is 36.5 Å². The number of halogens is 4. The number of amides is 3. The van der Waals surface area contributed by atoms with Gasteiger partial charge in [-0.2, -0.15) is 13.2 Å². The first-order chi connectivity index (χ1) is 25.4. The van der Waals surface area contributed by atoms with E-state index in [1.54, 1.807) is 12.3 Å². The molecule has 3 amide bonds. The van der Waals surface area contributed by atoms with Crippen LogP contribution in [0.4, 0.5) is 13.2 Å². The minimum atomic E-state index is -4.69. The average molecular weight is 772 g/mol. The van der Waals surface area contributed by atoms with Crippen LogP contribution in [-0.2, 0) is 40.1 Å². The summed E-state index contributed by atoms with van der Waals surface area (Å²) in [5, 5.41) is 9.83. The highest BCUT2D eigenvalue weighted by Gasteiger charge is 2.35. The molecule has 10 nitrogen and oxygen atoms in total. The molecule has 1 aromatic heterocycles. The van der Waals surface area contributed by atoms with Gasteiger partial charge in [0, 0.05) is 53.4 Å². The summed E-state index contributed by atoms with van der Waals surface area (Å²) in [6.07, 6.45) is -0.472. The number of hydrogen-bond acceptors (Lipinski definition) is 7. The Kier molecular flexibility index (Phi) is 13.9. The Hall–Kier alpha value is -4.08. The van der Waals surface area contributed by atoms with Crippen LogP contribution in [0.15, 0.2) is 76.7 Å². The summed E-state index contributed by atoms with van der Waals surface area (Å²) in [6.45, 7) is 0.680. The molecule has 0 fully saturated rings. The SMILES string of the molecule is CN1C(=O)C(CCCCN)NC(=O)C(CCCN)NCc2ccccc2Sc2c(Cl)cc(C(F)(F)F)cc2CNC(=O)C1Cc1c[nH]c2ccccc12. The lowest BCUT2D eigenvalue weighted by Crippen LogP contribution is -2.57. The van der Waals surface area contributed by atoms with Crippen molar-refractivity contribution in [2.75, 3.05) is 20.1 Å². The lowest BCUT2D eigenvalue weighted by atomic mass is 10.0. The Bertz CT molecular complexity index is 1910. The van der Waals surface area contributed by atoms with Gasteiger partial charge in [-0.25, -0.2) is 0 Å². The maximum atomic E-state index is 14.4. The van der Waals surface area contributed by atoms with Crippen LogP contribution in [0.3, 0.4) is 0 Å². The summed E-state index contributed by atoms with van der Waals surface area (Å²) in [7, 11) is 1.50. The molecule has 15 heteroatoms. The highest BCUT2D eigenvalue weighted by Crippen LogP contribution is 2.41. The number of H-pyrrole nitrogens is 1. The lowest BCUT2D eigenvalue weighted by molar-refractivity contribution is -0.142. The second kappa shape index (κ2) is 18.3. The molecule has 284 valence electrons. The number of aromatic nitrogens is 1. The number of benzene rings is 3. The molecule has 2 heterocycles. The third-order valence-corrected chi connectivity index (χ3v) is 11.1. The Labute approximate surface area is 315 Å². The molecule has 0 aliphatic carbocycles. The zero-order valence-electron chi connectivity index (χ0n) is 29.4. The smallest absolute Gasteiger partial charge is 0.361 e. The molecule has 53 heavy (non-hydrogen) atoms. The predicted molar refractivity (Wildman–Crippen MR) is 201 cm³/mol. The monoisotopic (exact) mass is 771 g/mol. The first-order valence-electron chi connectivity index (χ1n) is 17.6. The van der Waals surface area contributed by atoms with E-state index in [9.17, 15) is 27.6 Å². The molecule has 3 aromatic carbocycles. The van der Waals surface area contributed by atoms with Gasteiger partial charge in [0.05, 0.1) is 16.6 Å². The zero-order valence-corrected chi connectivity index (χ0v) is 31.0. The number of hydrogen-bond donors (Lipinski definition) is 6. The Balaban J connectivity index is 1.61. The molecular weight excluding hydrogens is 727 g/mol. The van der Waals surface area contributed by atoms with Crippen molar-refractivity contribution in [1.82, 2.24) is 25.8 Å². The van der Waals surface area contributed by atoms with Gasteiger partial charge in [0.25, 0.3) is 0 Å². The van der Waals surface area contributed by atoms with Crippen molar-refractivity contribution >= 4 is 52.0 Å². The topological polar surface area (TPSA) is 158 Å². The number of nitrogens with one attached hydrogen (secondary N) is 4. The van der Waals surface area contributed by atoms with E-state index in [0.717, 1.165) is 34.2 Å². The molecule has 0 bridgehead atoms. The van der Waals surface area contributed by atoms with Gasteiger partial charge in [0.2, 0.25) is 17.7 Å². The maximum Gasteiger partial charge on any atom is 0.416 e. The number of fused-ring (bicyclic) bond motifs is 3. The molecule has 1 aliphatic heterocycles.